The van der Waals surface area contributed by atoms with E-state index in [1.54, 1.807) is 36.4 Å². The lowest BCUT2D eigenvalue weighted by atomic mass is 10.2. The summed E-state index contributed by atoms with van der Waals surface area (Å²) in [5.41, 5.74) is 0.481. The smallest absolute Gasteiger partial charge is 0.308 e. The number of nitriles is 1. The zero-order chi connectivity index (χ0) is 14.5. The van der Waals surface area contributed by atoms with E-state index in [0.717, 1.165) is 0 Å². The van der Waals surface area contributed by atoms with Gasteiger partial charge in [-0.15, -0.1) is 0 Å². The first kappa shape index (κ1) is 13.9. The van der Waals surface area contributed by atoms with Crippen molar-refractivity contribution in [3.05, 3.63) is 53.1 Å². The fraction of sp³-hybridized carbons (Fsp3) is 0.0667. The van der Waals surface area contributed by atoms with E-state index in [2.05, 4.69) is 0 Å². The van der Waals surface area contributed by atoms with Crippen LogP contribution in [0, 0.1) is 11.3 Å². The summed E-state index contributed by atoms with van der Waals surface area (Å²) in [6.45, 7) is 1.31. The molecule has 0 spiro atoms. The molecule has 2 rings (SSSR count). The Labute approximate surface area is 121 Å². The quantitative estimate of drug-likeness (QED) is 0.634. The number of benzene rings is 2. The Hall–Kier alpha value is -2.51. The Morgan fingerprint density at radius 2 is 2.00 bits per heavy atom. The van der Waals surface area contributed by atoms with E-state index >= 15 is 0 Å². The van der Waals surface area contributed by atoms with Crippen molar-refractivity contribution < 1.29 is 14.3 Å². The van der Waals surface area contributed by atoms with Crippen molar-refractivity contribution in [2.24, 2.45) is 0 Å². The highest BCUT2D eigenvalue weighted by atomic mass is 35.5. The van der Waals surface area contributed by atoms with Gasteiger partial charge in [0.2, 0.25) is 0 Å². The number of carbonyl (C=O) groups is 1. The minimum Gasteiger partial charge on any atom is -0.456 e. The molecule has 0 atom stereocenters. The maximum atomic E-state index is 10.9. The fourth-order valence-corrected chi connectivity index (χ4v) is 1.70. The Kier molecular flexibility index (Phi) is 4.24. The molecule has 0 aromatic heterocycles. The third kappa shape index (κ3) is 3.50. The summed E-state index contributed by atoms with van der Waals surface area (Å²) in [4.78, 5) is 10.9. The van der Waals surface area contributed by atoms with Gasteiger partial charge in [-0.05, 0) is 30.3 Å². The van der Waals surface area contributed by atoms with E-state index in [9.17, 15) is 4.79 Å². The van der Waals surface area contributed by atoms with Gasteiger partial charge in [-0.1, -0.05) is 17.7 Å². The minimum atomic E-state index is -0.426. The zero-order valence-corrected chi connectivity index (χ0v) is 11.3. The molecule has 0 amide bonds. The summed E-state index contributed by atoms with van der Waals surface area (Å²) in [7, 11) is 0. The van der Waals surface area contributed by atoms with Crippen molar-refractivity contribution in [3.63, 3.8) is 0 Å². The normalized spacial score (nSPS) is 9.65. The van der Waals surface area contributed by atoms with Crippen molar-refractivity contribution >= 4 is 17.6 Å². The van der Waals surface area contributed by atoms with E-state index in [1.165, 1.54) is 13.0 Å². The molecule has 0 aliphatic rings. The third-order valence-electron chi connectivity index (χ3n) is 2.36. The highest BCUT2D eigenvalue weighted by Crippen LogP contribution is 2.33. The van der Waals surface area contributed by atoms with Crippen LogP contribution in [-0.4, -0.2) is 5.97 Å². The summed E-state index contributed by atoms with van der Waals surface area (Å²) >= 11 is 6.03. The first-order valence-corrected chi connectivity index (χ1v) is 6.12. The van der Waals surface area contributed by atoms with Gasteiger partial charge in [0, 0.05) is 13.0 Å². The highest BCUT2D eigenvalue weighted by molar-refractivity contribution is 6.32. The third-order valence-corrected chi connectivity index (χ3v) is 2.67. The molecule has 0 fully saturated rings. The van der Waals surface area contributed by atoms with Gasteiger partial charge in [0.05, 0.1) is 16.7 Å². The molecule has 0 saturated heterocycles. The maximum Gasteiger partial charge on any atom is 0.308 e. The van der Waals surface area contributed by atoms with Gasteiger partial charge in [-0.2, -0.15) is 5.26 Å². The molecule has 0 saturated carbocycles. The monoisotopic (exact) mass is 287 g/mol. The van der Waals surface area contributed by atoms with Gasteiger partial charge in [-0.3, -0.25) is 4.79 Å². The van der Waals surface area contributed by atoms with Crippen molar-refractivity contribution in [2.75, 3.05) is 0 Å². The van der Waals surface area contributed by atoms with Gasteiger partial charge in [-0.25, -0.2) is 0 Å². The van der Waals surface area contributed by atoms with Crippen LogP contribution in [0.3, 0.4) is 0 Å². The van der Waals surface area contributed by atoms with Crippen LogP contribution < -0.4 is 9.47 Å². The van der Waals surface area contributed by atoms with Gasteiger partial charge in [0.15, 0.2) is 0 Å². The number of hydrogen-bond acceptors (Lipinski definition) is 4. The van der Waals surface area contributed by atoms with Crippen LogP contribution in [0.25, 0.3) is 0 Å². The lowest BCUT2D eigenvalue weighted by Gasteiger charge is -2.09. The van der Waals surface area contributed by atoms with Crippen LogP contribution in [0.5, 0.6) is 17.2 Å². The molecule has 4 nitrogen and oxygen atoms in total. The molecule has 0 radical (unpaired) electrons. The fourth-order valence-electron chi connectivity index (χ4n) is 1.55. The number of carbonyl (C=O) groups excluding carboxylic acids is 1. The first-order valence-electron chi connectivity index (χ1n) is 5.74. The summed E-state index contributed by atoms with van der Waals surface area (Å²) in [6, 6.07) is 13.4. The Balaban J connectivity index is 2.28. The van der Waals surface area contributed by atoms with E-state index in [0.29, 0.717) is 27.8 Å². The number of ether oxygens (including phenoxy) is 2. The first-order chi connectivity index (χ1) is 9.58. The lowest BCUT2D eigenvalue weighted by Crippen LogP contribution is -2.01. The standard InChI is InChI=1S/C15H10ClNO3/c1-10(18)19-13-5-6-14(16)15(8-13)20-12-4-2-3-11(7-12)9-17/h2-8H,1H3. The van der Waals surface area contributed by atoms with Gasteiger partial charge >= 0.3 is 5.97 Å². The minimum absolute atomic E-state index is 0.341. The highest BCUT2D eigenvalue weighted by Gasteiger charge is 2.07. The van der Waals surface area contributed by atoms with Crippen LogP contribution in [-0.2, 0) is 4.79 Å². The molecule has 0 unspecified atom stereocenters. The van der Waals surface area contributed by atoms with Crippen LogP contribution in [0.2, 0.25) is 5.02 Å². The van der Waals surface area contributed by atoms with E-state index in [-0.39, 0.29) is 0 Å². The van der Waals surface area contributed by atoms with Crippen molar-refractivity contribution in [2.45, 2.75) is 6.92 Å². The summed E-state index contributed by atoms with van der Waals surface area (Å²) in [5.74, 6) is 0.740. The molecule has 100 valence electrons. The molecule has 2 aromatic rings. The Morgan fingerprint density at radius 3 is 2.70 bits per heavy atom. The molecule has 0 aliphatic heterocycles. The molecule has 20 heavy (non-hydrogen) atoms. The van der Waals surface area contributed by atoms with Crippen LogP contribution in [0.15, 0.2) is 42.5 Å². The second-order valence-corrected chi connectivity index (χ2v) is 4.33. The average Bonchev–Trinajstić information content (AvgIpc) is 2.42. The number of nitrogens with zero attached hydrogens (tertiary/aromatic N) is 1. The van der Waals surface area contributed by atoms with Crippen LogP contribution in [0.4, 0.5) is 0 Å². The van der Waals surface area contributed by atoms with Gasteiger partial charge in [0.25, 0.3) is 0 Å². The topological polar surface area (TPSA) is 59.3 Å². The van der Waals surface area contributed by atoms with Crippen LogP contribution >= 0.6 is 11.6 Å². The van der Waals surface area contributed by atoms with Crippen molar-refractivity contribution in [3.8, 4) is 23.3 Å². The molecule has 0 heterocycles. The van der Waals surface area contributed by atoms with Crippen molar-refractivity contribution in [1.29, 1.82) is 5.26 Å². The van der Waals surface area contributed by atoms with Crippen molar-refractivity contribution in [1.82, 2.24) is 0 Å². The summed E-state index contributed by atoms with van der Waals surface area (Å²) < 4.78 is 10.6. The second kappa shape index (κ2) is 6.09. The Morgan fingerprint density at radius 1 is 1.20 bits per heavy atom. The van der Waals surface area contributed by atoms with E-state index in [1.807, 2.05) is 6.07 Å². The van der Waals surface area contributed by atoms with Crippen LogP contribution in [0.1, 0.15) is 12.5 Å². The predicted octanol–water partition coefficient (Wildman–Crippen LogP) is 3.93. The lowest BCUT2D eigenvalue weighted by molar-refractivity contribution is -0.131. The van der Waals surface area contributed by atoms with E-state index in [4.69, 9.17) is 26.3 Å². The molecular weight excluding hydrogens is 278 g/mol. The molecule has 2 aromatic carbocycles. The molecule has 0 N–H and O–H groups in total. The Bertz CT molecular complexity index is 692. The molecule has 0 aliphatic carbocycles. The zero-order valence-electron chi connectivity index (χ0n) is 10.6. The number of rotatable bonds is 3. The summed E-state index contributed by atoms with van der Waals surface area (Å²) in [5, 5.41) is 9.21. The number of hydrogen-bond donors (Lipinski definition) is 0. The molecular formula is C15H10ClNO3. The van der Waals surface area contributed by atoms with E-state index < -0.39 is 5.97 Å². The molecule has 5 heteroatoms. The summed E-state index contributed by atoms with van der Waals surface area (Å²) in [6.07, 6.45) is 0. The largest absolute Gasteiger partial charge is 0.456 e. The SMILES string of the molecule is CC(=O)Oc1ccc(Cl)c(Oc2cccc(C#N)c2)c1. The van der Waals surface area contributed by atoms with Gasteiger partial charge < -0.3 is 9.47 Å². The average molecular weight is 288 g/mol. The van der Waals surface area contributed by atoms with Gasteiger partial charge in [0.1, 0.15) is 17.2 Å². The number of esters is 1. The maximum absolute atomic E-state index is 10.9. The number of halogens is 1. The molecule has 0 bridgehead atoms. The predicted molar refractivity (Wildman–Crippen MR) is 74.0 cm³/mol. The second-order valence-electron chi connectivity index (χ2n) is 3.93.